The molecular formula is C12H12N2O2S. The zero-order chi connectivity index (χ0) is 11.8. The Morgan fingerprint density at radius 1 is 1.53 bits per heavy atom. The van der Waals surface area contributed by atoms with Gasteiger partial charge in [0.05, 0.1) is 15.7 Å². The van der Waals surface area contributed by atoms with Gasteiger partial charge in [0.1, 0.15) is 0 Å². The molecule has 0 bridgehead atoms. The molecule has 1 unspecified atom stereocenters. The normalized spacial score (nSPS) is 20.4. The van der Waals surface area contributed by atoms with Gasteiger partial charge in [-0.1, -0.05) is 0 Å². The van der Waals surface area contributed by atoms with Crippen molar-refractivity contribution in [2.75, 3.05) is 18.1 Å². The molecule has 3 rings (SSSR count). The van der Waals surface area contributed by atoms with E-state index >= 15 is 0 Å². The molecule has 2 aromatic rings. The average molecular weight is 248 g/mol. The summed E-state index contributed by atoms with van der Waals surface area (Å²) in [5.41, 5.74) is 3.61. The van der Waals surface area contributed by atoms with Gasteiger partial charge in [-0.2, -0.15) is 0 Å². The van der Waals surface area contributed by atoms with Gasteiger partial charge in [-0.3, -0.25) is 4.79 Å². The fourth-order valence-electron chi connectivity index (χ4n) is 2.17. The molecule has 88 valence electrons. The lowest BCUT2D eigenvalue weighted by Gasteiger charge is -2.16. The monoisotopic (exact) mass is 248 g/mol. The molecule has 1 aromatic carbocycles. The van der Waals surface area contributed by atoms with Gasteiger partial charge in [-0.25, -0.2) is 4.98 Å². The number of amides is 1. The first-order chi connectivity index (χ1) is 8.28. The second kappa shape index (κ2) is 4.09. The van der Waals surface area contributed by atoms with Crippen molar-refractivity contribution < 1.29 is 9.90 Å². The molecule has 1 aromatic heterocycles. The molecule has 5 heteroatoms. The molecule has 1 saturated heterocycles. The number of fused-ring (bicyclic) bond motifs is 1. The van der Waals surface area contributed by atoms with Crippen LogP contribution in [0.25, 0.3) is 10.2 Å². The van der Waals surface area contributed by atoms with Crippen molar-refractivity contribution in [1.29, 1.82) is 0 Å². The molecule has 2 heterocycles. The summed E-state index contributed by atoms with van der Waals surface area (Å²) in [4.78, 5) is 17.8. The third kappa shape index (κ3) is 1.81. The summed E-state index contributed by atoms with van der Waals surface area (Å²) in [7, 11) is 0. The van der Waals surface area contributed by atoms with Crippen LogP contribution in [0.1, 0.15) is 6.42 Å². The number of aliphatic hydroxyl groups is 1. The Hall–Kier alpha value is -1.46. The summed E-state index contributed by atoms with van der Waals surface area (Å²) in [5, 5.41) is 9.10. The molecule has 0 saturated carbocycles. The summed E-state index contributed by atoms with van der Waals surface area (Å²) in [6.07, 6.45) is 0.436. The highest BCUT2D eigenvalue weighted by molar-refractivity contribution is 7.16. The second-order valence-corrected chi connectivity index (χ2v) is 5.15. The van der Waals surface area contributed by atoms with Crippen LogP contribution in [0.5, 0.6) is 0 Å². The zero-order valence-corrected chi connectivity index (χ0v) is 9.98. The number of nitrogens with zero attached hydrogens (tertiary/aromatic N) is 2. The number of hydrogen-bond acceptors (Lipinski definition) is 4. The number of hydrogen-bond donors (Lipinski definition) is 1. The smallest absolute Gasteiger partial charge is 0.227 e. The van der Waals surface area contributed by atoms with Gasteiger partial charge in [0.2, 0.25) is 5.91 Å². The summed E-state index contributed by atoms with van der Waals surface area (Å²) >= 11 is 1.59. The number of rotatable bonds is 2. The first kappa shape index (κ1) is 10.7. The van der Waals surface area contributed by atoms with Gasteiger partial charge in [0.25, 0.3) is 0 Å². The van der Waals surface area contributed by atoms with Gasteiger partial charge in [0, 0.05) is 31.2 Å². The third-order valence-corrected chi connectivity index (χ3v) is 3.90. The highest BCUT2D eigenvalue weighted by Crippen LogP contribution is 2.28. The zero-order valence-electron chi connectivity index (χ0n) is 9.17. The van der Waals surface area contributed by atoms with E-state index in [9.17, 15) is 4.79 Å². The number of anilines is 1. The second-order valence-electron chi connectivity index (χ2n) is 4.26. The van der Waals surface area contributed by atoms with Gasteiger partial charge in [-0.05, 0) is 18.2 Å². The maximum absolute atomic E-state index is 11.8. The van der Waals surface area contributed by atoms with Crippen molar-refractivity contribution in [2.24, 2.45) is 5.92 Å². The molecule has 1 aliphatic heterocycles. The molecule has 1 N–H and O–H groups in total. The van der Waals surface area contributed by atoms with Crippen molar-refractivity contribution in [3.8, 4) is 0 Å². The Morgan fingerprint density at radius 2 is 2.41 bits per heavy atom. The number of benzene rings is 1. The van der Waals surface area contributed by atoms with E-state index in [0.29, 0.717) is 13.0 Å². The maximum atomic E-state index is 11.8. The SMILES string of the molecule is O=C1CC(CO)CN1c1ccc2scnc2c1. The molecule has 1 aliphatic rings. The molecule has 1 atom stereocenters. The van der Waals surface area contributed by atoms with E-state index in [0.717, 1.165) is 15.9 Å². The van der Waals surface area contributed by atoms with Crippen LogP contribution in [0, 0.1) is 5.92 Å². The topological polar surface area (TPSA) is 53.4 Å². The van der Waals surface area contributed by atoms with E-state index in [4.69, 9.17) is 5.11 Å². The van der Waals surface area contributed by atoms with Crippen molar-refractivity contribution in [2.45, 2.75) is 6.42 Å². The van der Waals surface area contributed by atoms with Gasteiger partial charge in [0.15, 0.2) is 0 Å². The molecule has 17 heavy (non-hydrogen) atoms. The van der Waals surface area contributed by atoms with Crippen molar-refractivity contribution in [1.82, 2.24) is 4.98 Å². The minimum atomic E-state index is 0.0635. The number of aliphatic hydroxyl groups excluding tert-OH is 1. The molecule has 0 spiro atoms. The van der Waals surface area contributed by atoms with E-state index in [-0.39, 0.29) is 18.4 Å². The highest BCUT2D eigenvalue weighted by Gasteiger charge is 2.30. The number of aromatic nitrogens is 1. The van der Waals surface area contributed by atoms with Crippen LogP contribution in [0.3, 0.4) is 0 Å². The predicted molar refractivity (Wildman–Crippen MR) is 67.2 cm³/mol. The minimum absolute atomic E-state index is 0.0635. The lowest BCUT2D eigenvalue weighted by molar-refractivity contribution is -0.117. The fraction of sp³-hybridized carbons (Fsp3) is 0.333. The van der Waals surface area contributed by atoms with Crippen molar-refractivity contribution in [3.05, 3.63) is 23.7 Å². The van der Waals surface area contributed by atoms with Crippen LogP contribution in [0.4, 0.5) is 5.69 Å². The van der Waals surface area contributed by atoms with E-state index in [1.165, 1.54) is 0 Å². The Labute approximate surface area is 103 Å². The molecule has 0 aliphatic carbocycles. The van der Waals surface area contributed by atoms with Crippen LogP contribution < -0.4 is 4.90 Å². The maximum Gasteiger partial charge on any atom is 0.227 e. The fourth-order valence-corrected chi connectivity index (χ4v) is 2.83. The summed E-state index contributed by atoms with van der Waals surface area (Å²) in [5.74, 6) is 0.146. The quantitative estimate of drug-likeness (QED) is 0.879. The first-order valence-corrected chi connectivity index (χ1v) is 6.40. The van der Waals surface area contributed by atoms with E-state index in [1.54, 1.807) is 21.7 Å². The van der Waals surface area contributed by atoms with Crippen molar-refractivity contribution >= 4 is 33.1 Å². The summed E-state index contributed by atoms with van der Waals surface area (Å²) in [6, 6.07) is 5.86. The van der Waals surface area contributed by atoms with Crippen molar-refractivity contribution in [3.63, 3.8) is 0 Å². The molecule has 0 radical (unpaired) electrons. The summed E-state index contributed by atoms with van der Waals surface area (Å²) < 4.78 is 1.12. The Morgan fingerprint density at radius 3 is 3.18 bits per heavy atom. The average Bonchev–Trinajstić information content (AvgIpc) is 2.93. The number of carbonyl (C=O) groups excluding carboxylic acids is 1. The summed E-state index contributed by atoms with van der Waals surface area (Å²) in [6.45, 7) is 0.673. The van der Waals surface area contributed by atoms with Crippen LogP contribution in [-0.2, 0) is 4.79 Å². The molecule has 1 fully saturated rings. The standard InChI is InChI=1S/C12H12N2O2S/c15-6-8-3-12(16)14(5-8)9-1-2-11-10(4-9)13-7-17-11/h1-2,4,7-8,15H,3,5-6H2. The highest BCUT2D eigenvalue weighted by atomic mass is 32.1. The lowest BCUT2D eigenvalue weighted by Crippen LogP contribution is -2.24. The lowest BCUT2D eigenvalue weighted by atomic mass is 10.1. The molecular weight excluding hydrogens is 236 g/mol. The van der Waals surface area contributed by atoms with Crippen LogP contribution in [0.15, 0.2) is 23.7 Å². The van der Waals surface area contributed by atoms with Crippen LogP contribution >= 0.6 is 11.3 Å². The van der Waals surface area contributed by atoms with E-state index in [2.05, 4.69) is 4.98 Å². The Bertz CT molecular complexity index is 566. The first-order valence-electron chi connectivity index (χ1n) is 5.52. The van der Waals surface area contributed by atoms with Gasteiger partial charge >= 0.3 is 0 Å². The van der Waals surface area contributed by atoms with Gasteiger partial charge < -0.3 is 10.0 Å². The number of carbonyl (C=O) groups is 1. The molecule has 1 amide bonds. The van der Waals surface area contributed by atoms with E-state index < -0.39 is 0 Å². The Balaban J connectivity index is 1.95. The molecule has 4 nitrogen and oxygen atoms in total. The minimum Gasteiger partial charge on any atom is -0.396 e. The third-order valence-electron chi connectivity index (χ3n) is 3.09. The number of thiazole rings is 1. The van der Waals surface area contributed by atoms with Gasteiger partial charge in [-0.15, -0.1) is 11.3 Å². The van der Waals surface area contributed by atoms with Crippen LogP contribution in [0.2, 0.25) is 0 Å². The predicted octanol–water partition coefficient (Wildman–Crippen LogP) is 1.64. The van der Waals surface area contributed by atoms with Crippen LogP contribution in [-0.4, -0.2) is 29.1 Å². The Kier molecular flexibility index (Phi) is 2.57. The largest absolute Gasteiger partial charge is 0.396 e. The van der Waals surface area contributed by atoms with E-state index in [1.807, 2.05) is 18.2 Å².